The van der Waals surface area contributed by atoms with Crippen LogP contribution in [0.2, 0.25) is 0 Å². The third-order valence-electron chi connectivity index (χ3n) is 3.64. The number of para-hydroxylation sites is 1. The van der Waals surface area contributed by atoms with Gasteiger partial charge in [0.25, 0.3) is 0 Å². The first-order valence-electron chi connectivity index (χ1n) is 6.67. The van der Waals surface area contributed by atoms with Gasteiger partial charge in [-0.1, -0.05) is 24.3 Å². The molecule has 0 radical (unpaired) electrons. The molecule has 0 amide bonds. The first-order chi connectivity index (χ1) is 9.65. The molecule has 0 unspecified atom stereocenters. The number of fused-ring (bicyclic) bond motifs is 1. The average Bonchev–Trinajstić information content (AvgIpc) is 2.75. The van der Waals surface area contributed by atoms with Gasteiger partial charge in [-0.05, 0) is 36.8 Å². The Morgan fingerprint density at radius 2 is 1.90 bits per heavy atom. The van der Waals surface area contributed by atoms with Crippen LogP contribution in [0.1, 0.15) is 11.3 Å². The minimum absolute atomic E-state index is 0.552. The molecule has 3 rings (SSSR count). The van der Waals surface area contributed by atoms with E-state index in [2.05, 4.69) is 23.6 Å². The largest absolute Gasteiger partial charge is 0.487 e. The Kier molecular flexibility index (Phi) is 3.11. The van der Waals surface area contributed by atoms with Crippen LogP contribution in [0.4, 0.5) is 5.69 Å². The molecule has 0 bridgehead atoms. The Bertz CT molecular complexity index is 759. The molecular formula is C17H18N2O. The topological polar surface area (TPSA) is 40.2 Å². The summed E-state index contributed by atoms with van der Waals surface area (Å²) < 4.78 is 8.04. The molecule has 0 atom stereocenters. The third kappa shape index (κ3) is 2.23. The Morgan fingerprint density at radius 1 is 1.10 bits per heavy atom. The fraction of sp³-hybridized carbons (Fsp3) is 0.176. The lowest BCUT2D eigenvalue weighted by molar-refractivity contribution is 0.296. The number of aryl methyl sites for hydroxylation is 2. The number of nitrogens with two attached hydrogens (primary N) is 1. The first kappa shape index (κ1) is 12.6. The van der Waals surface area contributed by atoms with Crippen LogP contribution in [0, 0.1) is 6.92 Å². The fourth-order valence-corrected chi connectivity index (χ4v) is 2.41. The molecule has 0 saturated heterocycles. The van der Waals surface area contributed by atoms with E-state index in [1.54, 1.807) is 0 Å². The summed E-state index contributed by atoms with van der Waals surface area (Å²) in [6, 6.07) is 16.2. The van der Waals surface area contributed by atoms with Gasteiger partial charge in [0.1, 0.15) is 12.4 Å². The number of benzene rings is 2. The molecule has 0 aliphatic heterocycles. The molecule has 3 aromatic rings. The number of hydrogen-bond acceptors (Lipinski definition) is 2. The van der Waals surface area contributed by atoms with E-state index < -0.39 is 0 Å². The molecule has 2 N–H and O–H groups in total. The van der Waals surface area contributed by atoms with Crippen molar-refractivity contribution in [1.29, 1.82) is 0 Å². The van der Waals surface area contributed by atoms with Crippen molar-refractivity contribution in [3.63, 3.8) is 0 Å². The highest BCUT2D eigenvalue weighted by Gasteiger charge is 2.07. The summed E-state index contributed by atoms with van der Waals surface area (Å²) >= 11 is 0. The van der Waals surface area contributed by atoms with Crippen LogP contribution in [0.15, 0.2) is 48.5 Å². The van der Waals surface area contributed by atoms with Gasteiger partial charge >= 0.3 is 0 Å². The third-order valence-corrected chi connectivity index (χ3v) is 3.64. The van der Waals surface area contributed by atoms with E-state index in [0.717, 1.165) is 28.2 Å². The van der Waals surface area contributed by atoms with Crippen molar-refractivity contribution < 1.29 is 4.74 Å². The molecule has 20 heavy (non-hydrogen) atoms. The van der Waals surface area contributed by atoms with Crippen LogP contribution in [-0.2, 0) is 13.7 Å². The van der Waals surface area contributed by atoms with Crippen molar-refractivity contribution in [2.24, 2.45) is 7.05 Å². The van der Waals surface area contributed by atoms with E-state index in [-0.39, 0.29) is 0 Å². The van der Waals surface area contributed by atoms with Crippen molar-refractivity contribution >= 4 is 16.6 Å². The van der Waals surface area contributed by atoms with Gasteiger partial charge in [0, 0.05) is 18.1 Å². The van der Waals surface area contributed by atoms with Gasteiger partial charge in [-0.25, -0.2) is 0 Å². The molecule has 1 heterocycles. The van der Waals surface area contributed by atoms with E-state index >= 15 is 0 Å². The fourth-order valence-electron chi connectivity index (χ4n) is 2.41. The van der Waals surface area contributed by atoms with E-state index in [9.17, 15) is 0 Å². The number of ether oxygens (including phenoxy) is 1. The Labute approximate surface area is 118 Å². The molecule has 1 aromatic heterocycles. The molecule has 0 saturated carbocycles. The summed E-state index contributed by atoms with van der Waals surface area (Å²) in [5, 5.41) is 1.19. The van der Waals surface area contributed by atoms with E-state index in [1.807, 2.05) is 43.4 Å². The standard InChI is InChI=1S/C17H18N2O/c1-12-5-3-4-6-17(12)20-11-15-9-13-7-8-14(18)10-16(13)19(15)2/h3-10H,11,18H2,1-2H3. The summed E-state index contributed by atoms with van der Waals surface area (Å²) in [5.41, 5.74) is 10.0. The molecule has 0 fully saturated rings. The van der Waals surface area contributed by atoms with Gasteiger partial charge in [-0.2, -0.15) is 0 Å². The molecule has 0 aliphatic carbocycles. The van der Waals surface area contributed by atoms with Crippen molar-refractivity contribution in [2.45, 2.75) is 13.5 Å². The SMILES string of the molecule is Cc1ccccc1OCc1cc2ccc(N)cc2n1C. The predicted molar refractivity (Wildman–Crippen MR) is 82.8 cm³/mol. The normalized spacial score (nSPS) is 10.9. The highest BCUT2D eigenvalue weighted by atomic mass is 16.5. The molecule has 2 aromatic carbocycles. The maximum Gasteiger partial charge on any atom is 0.128 e. The van der Waals surface area contributed by atoms with Gasteiger partial charge in [0.2, 0.25) is 0 Å². The van der Waals surface area contributed by atoms with Gasteiger partial charge in [0.05, 0.1) is 11.2 Å². The van der Waals surface area contributed by atoms with Gasteiger partial charge < -0.3 is 15.0 Å². The average molecular weight is 266 g/mol. The minimum Gasteiger partial charge on any atom is -0.487 e. The zero-order valence-electron chi connectivity index (χ0n) is 11.8. The number of anilines is 1. The van der Waals surface area contributed by atoms with E-state index in [1.165, 1.54) is 5.39 Å². The lowest BCUT2D eigenvalue weighted by Crippen LogP contribution is -2.02. The number of nitrogens with zero attached hydrogens (tertiary/aromatic N) is 1. The lowest BCUT2D eigenvalue weighted by Gasteiger charge is -2.09. The maximum atomic E-state index is 5.91. The summed E-state index contributed by atoms with van der Waals surface area (Å²) in [6.45, 7) is 2.60. The number of nitrogen functional groups attached to an aromatic ring is 1. The molecule has 102 valence electrons. The predicted octanol–water partition coefficient (Wildman–Crippen LogP) is 3.65. The number of aromatic nitrogens is 1. The Hall–Kier alpha value is -2.42. The summed E-state index contributed by atoms with van der Waals surface area (Å²) in [6.07, 6.45) is 0. The first-order valence-corrected chi connectivity index (χ1v) is 6.67. The summed E-state index contributed by atoms with van der Waals surface area (Å²) in [5.74, 6) is 0.928. The zero-order valence-corrected chi connectivity index (χ0v) is 11.8. The summed E-state index contributed by atoms with van der Waals surface area (Å²) in [4.78, 5) is 0. The lowest BCUT2D eigenvalue weighted by atomic mass is 10.2. The smallest absolute Gasteiger partial charge is 0.128 e. The number of hydrogen-bond donors (Lipinski definition) is 1. The van der Waals surface area contributed by atoms with Crippen molar-refractivity contribution in [3.05, 3.63) is 59.8 Å². The van der Waals surface area contributed by atoms with Crippen LogP contribution < -0.4 is 10.5 Å². The quantitative estimate of drug-likeness (QED) is 0.735. The van der Waals surface area contributed by atoms with Gasteiger partial charge in [-0.3, -0.25) is 0 Å². The van der Waals surface area contributed by atoms with Crippen molar-refractivity contribution in [2.75, 3.05) is 5.73 Å². The minimum atomic E-state index is 0.552. The second-order valence-electron chi connectivity index (χ2n) is 5.07. The van der Waals surface area contributed by atoms with Crippen molar-refractivity contribution in [1.82, 2.24) is 4.57 Å². The van der Waals surface area contributed by atoms with Crippen LogP contribution in [0.5, 0.6) is 5.75 Å². The van der Waals surface area contributed by atoms with Crippen LogP contribution in [0.25, 0.3) is 10.9 Å². The van der Waals surface area contributed by atoms with Crippen molar-refractivity contribution in [3.8, 4) is 5.75 Å². The van der Waals surface area contributed by atoms with Gasteiger partial charge in [0.15, 0.2) is 0 Å². The Morgan fingerprint density at radius 3 is 2.70 bits per heavy atom. The van der Waals surface area contributed by atoms with Crippen LogP contribution in [0.3, 0.4) is 0 Å². The van der Waals surface area contributed by atoms with Crippen LogP contribution in [-0.4, -0.2) is 4.57 Å². The van der Waals surface area contributed by atoms with Crippen LogP contribution >= 0.6 is 0 Å². The monoisotopic (exact) mass is 266 g/mol. The van der Waals surface area contributed by atoms with Gasteiger partial charge in [-0.15, -0.1) is 0 Å². The maximum absolute atomic E-state index is 5.91. The summed E-state index contributed by atoms with van der Waals surface area (Å²) in [7, 11) is 2.04. The Balaban J connectivity index is 1.88. The molecule has 3 heteroatoms. The molecule has 0 aliphatic rings. The zero-order chi connectivity index (χ0) is 14.1. The highest BCUT2D eigenvalue weighted by Crippen LogP contribution is 2.23. The second kappa shape index (κ2) is 4.93. The second-order valence-corrected chi connectivity index (χ2v) is 5.07. The molecule has 3 nitrogen and oxygen atoms in total. The highest BCUT2D eigenvalue weighted by molar-refractivity contribution is 5.84. The molecule has 0 spiro atoms. The molecular weight excluding hydrogens is 248 g/mol. The number of rotatable bonds is 3. The van der Waals surface area contributed by atoms with E-state index in [0.29, 0.717) is 6.61 Å². The van der Waals surface area contributed by atoms with E-state index in [4.69, 9.17) is 10.5 Å².